The Hall–Kier alpha value is -1.78. The van der Waals surface area contributed by atoms with Crippen molar-refractivity contribution in [3.63, 3.8) is 0 Å². The van der Waals surface area contributed by atoms with Gasteiger partial charge in [0.2, 0.25) is 0 Å². The van der Waals surface area contributed by atoms with Crippen molar-refractivity contribution >= 4 is 0 Å². The van der Waals surface area contributed by atoms with Gasteiger partial charge < -0.3 is 19.2 Å². The van der Waals surface area contributed by atoms with Crippen LogP contribution in [0.4, 0.5) is 0 Å². The number of hydrogen-bond donors (Lipinski definition) is 1. The Kier molecular flexibility index (Phi) is 4.60. The van der Waals surface area contributed by atoms with E-state index in [0.29, 0.717) is 6.61 Å². The summed E-state index contributed by atoms with van der Waals surface area (Å²) in [4.78, 5) is 0. The monoisotopic (exact) mass is 261 g/mol. The highest BCUT2D eigenvalue weighted by Gasteiger charge is 2.16. The molecule has 1 atom stereocenters. The van der Waals surface area contributed by atoms with Crippen LogP contribution in [-0.4, -0.2) is 21.3 Å². The number of hydrogen-bond acceptors (Lipinski definition) is 4. The van der Waals surface area contributed by atoms with Crippen molar-refractivity contribution in [1.29, 1.82) is 0 Å². The van der Waals surface area contributed by atoms with Crippen LogP contribution in [0.1, 0.15) is 23.1 Å². The smallest absolute Gasteiger partial charge is 0.129 e. The van der Waals surface area contributed by atoms with Crippen molar-refractivity contribution in [2.45, 2.75) is 12.6 Å². The fourth-order valence-corrected chi connectivity index (χ4v) is 2.04. The van der Waals surface area contributed by atoms with Crippen molar-refractivity contribution in [1.82, 2.24) is 5.32 Å². The fourth-order valence-electron chi connectivity index (χ4n) is 2.04. The van der Waals surface area contributed by atoms with E-state index in [-0.39, 0.29) is 6.04 Å². The molecule has 1 unspecified atom stereocenters. The molecule has 4 heteroatoms. The van der Waals surface area contributed by atoms with Crippen LogP contribution in [-0.2, 0) is 11.3 Å². The Bertz CT molecular complexity index is 504. The van der Waals surface area contributed by atoms with E-state index in [4.69, 9.17) is 13.9 Å². The first kappa shape index (κ1) is 13.6. The molecule has 0 amide bonds. The molecular formula is C15H19NO3. The van der Waals surface area contributed by atoms with E-state index >= 15 is 0 Å². The Morgan fingerprint density at radius 2 is 1.84 bits per heavy atom. The van der Waals surface area contributed by atoms with Crippen LogP contribution in [0.5, 0.6) is 5.75 Å². The molecule has 0 bridgehead atoms. The van der Waals surface area contributed by atoms with Gasteiger partial charge in [0, 0.05) is 7.11 Å². The molecule has 4 nitrogen and oxygen atoms in total. The number of rotatable bonds is 6. The van der Waals surface area contributed by atoms with Gasteiger partial charge in [-0.15, -0.1) is 0 Å². The minimum atomic E-state index is 0.0245. The first-order valence-corrected chi connectivity index (χ1v) is 6.17. The van der Waals surface area contributed by atoms with Crippen molar-refractivity contribution in [3.05, 3.63) is 53.5 Å². The third kappa shape index (κ3) is 3.16. The highest BCUT2D eigenvalue weighted by Crippen LogP contribution is 2.25. The summed E-state index contributed by atoms with van der Waals surface area (Å²) in [6, 6.07) is 11.9. The summed E-state index contributed by atoms with van der Waals surface area (Å²) in [5.74, 6) is 2.55. The third-order valence-corrected chi connectivity index (χ3v) is 2.99. The van der Waals surface area contributed by atoms with Crippen LogP contribution in [0.2, 0.25) is 0 Å². The van der Waals surface area contributed by atoms with Crippen LogP contribution in [0.3, 0.4) is 0 Å². The quantitative estimate of drug-likeness (QED) is 0.868. The molecule has 1 N–H and O–H groups in total. The summed E-state index contributed by atoms with van der Waals surface area (Å²) in [6.45, 7) is 0.485. The molecule has 0 aliphatic rings. The lowest BCUT2D eigenvalue weighted by molar-refractivity contribution is 0.162. The first-order chi connectivity index (χ1) is 9.28. The molecule has 2 aromatic rings. The van der Waals surface area contributed by atoms with Gasteiger partial charge in [-0.2, -0.15) is 0 Å². The maximum absolute atomic E-state index is 5.77. The van der Waals surface area contributed by atoms with Crippen molar-refractivity contribution in [2.24, 2.45) is 0 Å². The Labute approximate surface area is 113 Å². The molecule has 0 aliphatic carbocycles. The predicted molar refractivity (Wildman–Crippen MR) is 73.3 cm³/mol. The number of methoxy groups -OCH3 is 2. The van der Waals surface area contributed by atoms with E-state index in [0.717, 1.165) is 22.8 Å². The van der Waals surface area contributed by atoms with Gasteiger partial charge >= 0.3 is 0 Å². The normalized spacial score (nSPS) is 12.4. The topological polar surface area (TPSA) is 43.6 Å². The van der Waals surface area contributed by atoms with E-state index in [1.54, 1.807) is 14.2 Å². The molecule has 1 heterocycles. The summed E-state index contributed by atoms with van der Waals surface area (Å²) in [5.41, 5.74) is 1.13. The summed E-state index contributed by atoms with van der Waals surface area (Å²) < 4.78 is 16.0. The van der Waals surface area contributed by atoms with Gasteiger partial charge in [0.1, 0.15) is 23.9 Å². The molecule has 1 aromatic carbocycles. The second-order valence-electron chi connectivity index (χ2n) is 4.23. The van der Waals surface area contributed by atoms with Crippen LogP contribution in [0.15, 0.2) is 40.8 Å². The SMILES string of the molecule is CNC(c1ccc(OC)cc1)c1ccc(COC)o1. The highest BCUT2D eigenvalue weighted by atomic mass is 16.5. The molecule has 0 saturated heterocycles. The Balaban J connectivity index is 2.21. The molecule has 0 fully saturated rings. The minimum Gasteiger partial charge on any atom is -0.497 e. The Morgan fingerprint density at radius 1 is 1.11 bits per heavy atom. The van der Waals surface area contributed by atoms with E-state index in [9.17, 15) is 0 Å². The van der Waals surface area contributed by atoms with Crippen LogP contribution >= 0.6 is 0 Å². The van der Waals surface area contributed by atoms with E-state index in [1.165, 1.54) is 0 Å². The molecule has 102 valence electrons. The van der Waals surface area contributed by atoms with Gasteiger partial charge in [-0.3, -0.25) is 0 Å². The molecule has 0 spiro atoms. The van der Waals surface area contributed by atoms with Crippen LogP contribution in [0, 0.1) is 0 Å². The van der Waals surface area contributed by atoms with Crippen molar-refractivity contribution in [3.8, 4) is 5.75 Å². The highest BCUT2D eigenvalue weighted by molar-refractivity contribution is 5.32. The average Bonchev–Trinajstić information content (AvgIpc) is 2.89. The lowest BCUT2D eigenvalue weighted by Gasteiger charge is -2.14. The molecule has 2 rings (SSSR count). The average molecular weight is 261 g/mol. The maximum Gasteiger partial charge on any atom is 0.129 e. The van der Waals surface area contributed by atoms with E-state index in [2.05, 4.69) is 5.32 Å². The van der Waals surface area contributed by atoms with Gasteiger partial charge in [0.05, 0.1) is 13.2 Å². The van der Waals surface area contributed by atoms with Crippen molar-refractivity contribution in [2.75, 3.05) is 21.3 Å². The molecule has 0 saturated carbocycles. The third-order valence-electron chi connectivity index (χ3n) is 2.99. The zero-order valence-corrected chi connectivity index (χ0v) is 11.5. The van der Waals surface area contributed by atoms with Gasteiger partial charge in [-0.05, 0) is 36.9 Å². The summed E-state index contributed by atoms with van der Waals surface area (Å²) in [5, 5.41) is 3.25. The number of ether oxygens (including phenoxy) is 2. The summed E-state index contributed by atoms with van der Waals surface area (Å²) in [7, 11) is 5.22. The van der Waals surface area contributed by atoms with Gasteiger partial charge in [0.25, 0.3) is 0 Å². The Morgan fingerprint density at radius 3 is 2.42 bits per heavy atom. The number of furan rings is 1. The number of benzene rings is 1. The largest absolute Gasteiger partial charge is 0.497 e. The predicted octanol–water partition coefficient (Wildman–Crippen LogP) is 2.74. The molecule has 19 heavy (non-hydrogen) atoms. The van der Waals surface area contributed by atoms with Crippen LogP contribution in [0.25, 0.3) is 0 Å². The van der Waals surface area contributed by atoms with Gasteiger partial charge in [-0.1, -0.05) is 12.1 Å². The first-order valence-electron chi connectivity index (χ1n) is 6.17. The summed E-state index contributed by atoms with van der Waals surface area (Å²) in [6.07, 6.45) is 0. The second kappa shape index (κ2) is 6.41. The maximum atomic E-state index is 5.77. The minimum absolute atomic E-state index is 0.0245. The molecule has 1 aromatic heterocycles. The lowest BCUT2D eigenvalue weighted by Crippen LogP contribution is -2.16. The molecule has 0 aliphatic heterocycles. The van der Waals surface area contributed by atoms with E-state index in [1.807, 2.05) is 43.4 Å². The lowest BCUT2D eigenvalue weighted by atomic mass is 10.0. The van der Waals surface area contributed by atoms with E-state index < -0.39 is 0 Å². The zero-order chi connectivity index (χ0) is 13.7. The van der Waals surface area contributed by atoms with Gasteiger partial charge in [0.15, 0.2) is 0 Å². The molecular weight excluding hydrogens is 242 g/mol. The molecule has 0 radical (unpaired) electrons. The zero-order valence-electron chi connectivity index (χ0n) is 11.5. The van der Waals surface area contributed by atoms with Crippen LogP contribution < -0.4 is 10.1 Å². The standard InChI is InChI=1S/C15H19NO3/c1-16-15(11-4-6-12(18-3)7-5-11)14-9-8-13(19-14)10-17-2/h4-9,15-16H,10H2,1-3H3. The second-order valence-corrected chi connectivity index (χ2v) is 4.23. The van der Waals surface area contributed by atoms with Gasteiger partial charge in [-0.25, -0.2) is 0 Å². The fraction of sp³-hybridized carbons (Fsp3) is 0.333. The van der Waals surface area contributed by atoms with Crippen molar-refractivity contribution < 1.29 is 13.9 Å². The number of nitrogens with one attached hydrogen (secondary N) is 1. The summed E-state index contributed by atoms with van der Waals surface area (Å²) >= 11 is 0.